The fourth-order valence-electron chi connectivity index (χ4n) is 15.2. The van der Waals surface area contributed by atoms with E-state index in [0.717, 1.165) is 65.0 Å². The second-order valence-corrected chi connectivity index (χ2v) is 25.1. The van der Waals surface area contributed by atoms with Gasteiger partial charge in [0.15, 0.2) is 0 Å². The maximum absolute atomic E-state index is 7.19. The van der Waals surface area contributed by atoms with Crippen molar-refractivity contribution in [3.8, 4) is 0 Å². The molecule has 0 amide bonds. The highest BCUT2D eigenvalue weighted by atomic mass is 16.5. The molecule has 7 heteroatoms. The minimum Gasteiger partial charge on any atom is -0.381 e. The van der Waals surface area contributed by atoms with Gasteiger partial charge < -0.3 is 36.3 Å². The molecular weight excluding hydrogens is 885 g/mol. The summed E-state index contributed by atoms with van der Waals surface area (Å²) in [5.41, 5.74) is 18.4. The molecule has 6 N–H and O–H groups in total. The summed E-state index contributed by atoms with van der Waals surface area (Å²) in [6.07, 6.45) is 53.5. The molecule has 0 saturated heterocycles. The number of ether oxygens (including phenoxy) is 3. The van der Waals surface area contributed by atoms with Gasteiger partial charge in [-0.2, -0.15) is 0 Å². The fraction of sp³-hybridized carbons (Fsp3) is 1.00. The molecule has 0 heterocycles. The third-order valence-corrected chi connectivity index (χ3v) is 19.9. The van der Waals surface area contributed by atoms with Crippen molar-refractivity contribution in [1.82, 2.24) is 4.90 Å². The van der Waals surface area contributed by atoms with Gasteiger partial charge >= 0.3 is 0 Å². The van der Waals surface area contributed by atoms with Crippen LogP contribution in [-0.4, -0.2) is 82.8 Å². The number of nitrogens with two attached hydrogens (primary N) is 3. The fourth-order valence-corrected chi connectivity index (χ4v) is 15.2. The maximum atomic E-state index is 7.19. The van der Waals surface area contributed by atoms with Crippen LogP contribution in [0.2, 0.25) is 0 Å². The Balaban J connectivity index is 1.60. The lowest BCUT2D eigenvalue weighted by atomic mass is 9.44. The molecule has 428 valence electrons. The lowest BCUT2D eigenvalue weighted by Gasteiger charge is -2.63. The highest BCUT2D eigenvalue weighted by Gasteiger charge is 2.65. The summed E-state index contributed by atoms with van der Waals surface area (Å²) in [4.78, 5) is 2.91. The molecule has 10 atom stereocenters. The smallest absolute Gasteiger partial charge is 0.0637 e. The first-order valence-electron chi connectivity index (χ1n) is 32.9. The molecule has 3 rings (SSSR count). The highest BCUT2D eigenvalue weighted by molar-refractivity contribution is 5.14. The molecule has 0 bridgehead atoms. The average Bonchev–Trinajstić information content (AvgIpc) is 3.75. The van der Waals surface area contributed by atoms with Crippen LogP contribution >= 0.6 is 0 Å². The Kier molecular flexibility index (Phi) is 38.3. The van der Waals surface area contributed by atoms with Gasteiger partial charge in [-0.25, -0.2) is 0 Å². The van der Waals surface area contributed by atoms with Crippen molar-refractivity contribution in [2.45, 2.75) is 304 Å². The van der Waals surface area contributed by atoms with Crippen LogP contribution < -0.4 is 17.2 Å². The quantitative estimate of drug-likeness (QED) is 0.0521. The normalized spacial score (nSPS) is 26.7. The number of rotatable bonds is 50. The SMILES string of the molecule is CCCCCCCCCCCCCCCCN(CCCCCCCCCCCCCCCC)CCCC(C)C1CC[C@H]2C3[C@H](OCCCN)CC(CCOCCCN)[C@](C)(CC)[C@H]3C[C@H](OCCCN)[C@]12C. The second-order valence-electron chi connectivity index (χ2n) is 25.1. The van der Waals surface area contributed by atoms with Gasteiger partial charge in [-0.1, -0.05) is 215 Å². The van der Waals surface area contributed by atoms with Crippen LogP contribution in [0.15, 0.2) is 0 Å². The molecule has 0 aromatic heterocycles. The zero-order chi connectivity index (χ0) is 52.0. The number of unbranched alkanes of at least 4 members (excludes halogenated alkanes) is 26. The Morgan fingerprint density at radius 1 is 0.486 bits per heavy atom. The second kappa shape index (κ2) is 41.8. The molecule has 3 fully saturated rings. The van der Waals surface area contributed by atoms with Crippen LogP contribution in [0.4, 0.5) is 0 Å². The first-order chi connectivity index (χ1) is 35.3. The summed E-state index contributed by atoms with van der Waals surface area (Å²) in [6.45, 7) is 24.2. The van der Waals surface area contributed by atoms with Gasteiger partial charge in [-0.3, -0.25) is 0 Å². The first kappa shape index (κ1) is 66.0. The molecule has 4 unspecified atom stereocenters. The van der Waals surface area contributed by atoms with Crippen LogP contribution in [-0.2, 0) is 14.2 Å². The average molecular weight is 1020 g/mol. The Morgan fingerprint density at radius 3 is 1.40 bits per heavy atom. The van der Waals surface area contributed by atoms with Gasteiger partial charge in [0, 0.05) is 31.8 Å². The lowest BCUT2D eigenvalue weighted by molar-refractivity contribution is -0.218. The molecule has 3 saturated carbocycles. The standard InChI is InChI=1S/C65H130N4O3/c1-7-10-12-14-16-18-20-22-24-26-28-30-32-34-47-69(48-35-33-31-29-27-25-23-21-19-17-15-13-11-8-2)49-36-40-56(4)58-41-42-59-63-60(55-62(65(58,59)6)72-52-39-46-68)64(5,9-3)57(43-53-70-50-37-44-66)54-61(63)71-51-38-45-67/h56-63H,7-55,66-68H2,1-6H3/t56?,57?,58?,59-,60-,61+,62-,63?,64-,65+/m0/s1. The minimum absolute atomic E-state index is 0.152. The molecule has 0 aliphatic heterocycles. The van der Waals surface area contributed by atoms with Crippen LogP contribution in [0.5, 0.6) is 0 Å². The summed E-state index contributed by atoms with van der Waals surface area (Å²) in [5, 5.41) is 0. The van der Waals surface area contributed by atoms with E-state index in [0.29, 0.717) is 55.1 Å². The summed E-state index contributed by atoms with van der Waals surface area (Å²) in [7, 11) is 0. The van der Waals surface area contributed by atoms with Gasteiger partial charge in [0.05, 0.1) is 12.2 Å². The minimum atomic E-state index is 0.152. The zero-order valence-corrected chi connectivity index (χ0v) is 49.7. The van der Waals surface area contributed by atoms with Crippen molar-refractivity contribution >= 4 is 0 Å². The number of hydrogen-bond acceptors (Lipinski definition) is 7. The number of nitrogens with zero attached hydrogens (tertiary/aromatic N) is 1. The predicted octanol–water partition coefficient (Wildman–Crippen LogP) is 17.0. The monoisotopic (exact) mass is 1020 g/mol. The zero-order valence-electron chi connectivity index (χ0n) is 49.7. The molecule has 0 spiro atoms. The lowest BCUT2D eigenvalue weighted by Crippen LogP contribution is -2.62. The van der Waals surface area contributed by atoms with Crippen molar-refractivity contribution in [1.29, 1.82) is 0 Å². The van der Waals surface area contributed by atoms with E-state index in [1.54, 1.807) is 0 Å². The summed E-state index contributed by atoms with van der Waals surface area (Å²) in [5.74, 6) is 3.73. The third-order valence-electron chi connectivity index (χ3n) is 19.9. The Morgan fingerprint density at radius 2 is 0.931 bits per heavy atom. The van der Waals surface area contributed by atoms with E-state index in [2.05, 4.69) is 46.4 Å². The topological polar surface area (TPSA) is 109 Å². The van der Waals surface area contributed by atoms with Crippen LogP contribution in [0.25, 0.3) is 0 Å². The van der Waals surface area contributed by atoms with Gasteiger partial charge in [0.2, 0.25) is 0 Å². The number of hydrogen-bond donors (Lipinski definition) is 3. The molecule has 7 nitrogen and oxygen atoms in total. The molecular formula is C65H130N4O3. The molecule has 0 aromatic rings. The van der Waals surface area contributed by atoms with Crippen molar-refractivity contribution in [2.75, 3.05) is 65.7 Å². The first-order valence-corrected chi connectivity index (χ1v) is 32.9. The number of fused-ring (bicyclic) bond motifs is 3. The summed E-state index contributed by atoms with van der Waals surface area (Å²) in [6, 6.07) is 0. The Hall–Kier alpha value is -0.280. The Labute approximate surface area is 450 Å². The van der Waals surface area contributed by atoms with E-state index in [9.17, 15) is 0 Å². The van der Waals surface area contributed by atoms with Crippen molar-refractivity contribution < 1.29 is 14.2 Å². The van der Waals surface area contributed by atoms with E-state index in [4.69, 9.17) is 31.4 Å². The van der Waals surface area contributed by atoms with Crippen molar-refractivity contribution in [3.63, 3.8) is 0 Å². The van der Waals surface area contributed by atoms with Gasteiger partial charge in [-0.05, 0) is 157 Å². The molecule has 3 aliphatic carbocycles. The Bertz CT molecular complexity index is 1190. The highest BCUT2D eigenvalue weighted by Crippen LogP contribution is 2.68. The van der Waals surface area contributed by atoms with E-state index in [1.165, 1.54) is 232 Å². The summed E-state index contributed by atoms with van der Waals surface area (Å²) >= 11 is 0. The van der Waals surface area contributed by atoms with Gasteiger partial charge in [0.25, 0.3) is 0 Å². The van der Waals surface area contributed by atoms with Crippen LogP contribution in [0.3, 0.4) is 0 Å². The maximum Gasteiger partial charge on any atom is 0.0637 e. The molecule has 72 heavy (non-hydrogen) atoms. The van der Waals surface area contributed by atoms with E-state index < -0.39 is 0 Å². The largest absolute Gasteiger partial charge is 0.381 e. The van der Waals surface area contributed by atoms with Crippen LogP contribution in [0.1, 0.15) is 292 Å². The van der Waals surface area contributed by atoms with Crippen LogP contribution in [0, 0.1) is 46.3 Å². The third kappa shape index (κ3) is 24.2. The van der Waals surface area contributed by atoms with Crippen molar-refractivity contribution in [3.05, 3.63) is 0 Å². The predicted molar refractivity (Wildman–Crippen MR) is 314 cm³/mol. The van der Waals surface area contributed by atoms with Gasteiger partial charge in [-0.15, -0.1) is 0 Å². The van der Waals surface area contributed by atoms with E-state index in [1.807, 2.05) is 0 Å². The van der Waals surface area contributed by atoms with Crippen molar-refractivity contribution in [2.24, 2.45) is 63.5 Å². The molecule has 0 radical (unpaired) electrons. The summed E-state index contributed by atoms with van der Waals surface area (Å²) < 4.78 is 20.4. The van der Waals surface area contributed by atoms with Gasteiger partial charge in [0.1, 0.15) is 0 Å². The van der Waals surface area contributed by atoms with E-state index >= 15 is 0 Å². The molecule has 0 aromatic carbocycles. The van der Waals surface area contributed by atoms with E-state index in [-0.39, 0.29) is 23.0 Å². The molecule has 3 aliphatic rings.